The van der Waals surface area contributed by atoms with Gasteiger partial charge in [-0.15, -0.1) is 12.4 Å². The summed E-state index contributed by atoms with van der Waals surface area (Å²) in [5.74, 6) is 0.971. The highest BCUT2D eigenvalue weighted by atomic mass is 35.5. The SMILES string of the molecule is Cc1nccn1Cc1cc(-c2cccc(-c3ccccc3)c2)cnn1.Cl. The smallest absolute Gasteiger partial charge is 0.105 e. The molecule has 0 unspecified atom stereocenters. The van der Waals surface area contributed by atoms with Crippen LogP contribution in [0.15, 0.2) is 79.3 Å². The third-order valence-corrected chi connectivity index (χ3v) is 4.26. The van der Waals surface area contributed by atoms with Crippen LogP contribution < -0.4 is 0 Å². The van der Waals surface area contributed by atoms with Gasteiger partial charge in [-0.1, -0.05) is 48.5 Å². The largest absolute Gasteiger partial charge is 0.329 e. The molecular formula is C21H19ClN4. The Morgan fingerprint density at radius 1 is 0.846 bits per heavy atom. The van der Waals surface area contributed by atoms with Crippen molar-refractivity contribution in [2.75, 3.05) is 0 Å². The Morgan fingerprint density at radius 2 is 1.58 bits per heavy atom. The van der Waals surface area contributed by atoms with Crippen molar-refractivity contribution in [3.05, 3.63) is 90.8 Å². The van der Waals surface area contributed by atoms with E-state index < -0.39 is 0 Å². The maximum absolute atomic E-state index is 4.26. The van der Waals surface area contributed by atoms with E-state index in [2.05, 4.69) is 74.3 Å². The van der Waals surface area contributed by atoms with Crippen LogP contribution in [0.4, 0.5) is 0 Å². The number of halogens is 1. The monoisotopic (exact) mass is 362 g/mol. The van der Waals surface area contributed by atoms with Gasteiger partial charge in [-0.25, -0.2) is 4.98 Å². The molecule has 2 aromatic heterocycles. The second-order valence-electron chi connectivity index (χ2n) is 5.98. The average molecular weight is 363 g/mol. The number of hydrogen-bond donors (Lipinski definition) is 0. The molecular weight excluding hydrogens is 344 g/mol. The van der Waals surface area contributed by atoms with Gasteiger partial charge in [0.1, 0.15) is 5.82 Å². The lowest BCUT2D eigenvalue weighted by Gasteiger charge is -2.08. The van der Waals surface area contributed by atoms with Gasteiger partial charge in [0.2, 0.25) is 0 Å². The van der Waals surface area contributed by atoms with E-state index in [0.29, 0.717) is 6.54 Å². The van der Waals surface area contributed by atoms with Crippen LogP contribution in [0.1, 0.15) is 11.5 Å². The molecule has 0 radical (unpaired) electrons. The summed E-state index contributed by atoms with van der Waals surface area (Å²) in [6, 6.07) is 21.0. The fourth-order valence-electron chi connectivity index (χ4n) is 2.90. The lowest BCUT2D eigenvalue weighted by Crippen LogP contribution is -2.04. The summed E-state index contributed by atoms with van der Waals surface area (Å²) >= 11 is 0. The molecule has 5 heteroatoms. The first kappa shape index (κ1) is 17.8. The number of imidazole rings is 1. The summed E-state index contributed by atoms with van der Waals surface area (Å²) in [4.78, 5) is 4.25. The molecule has 0 N–H and O–H groups in total. The van der Waals surface area contributed by atoms with Crippen molar-refractivity contribution in [3.8, 4) is 22.3 Å². The molecule has 26 heavy (non-hydrogen) atoms. The van der Waals surface area contributed by atoms with Crippen LogP contribution in [-0.2, 0) is 6.54 Å². The Labute approximate surface area is 159 Å². The van der Waals surface area contributed by atoms with Gasteiger partial charge in [-0.05, 0) is 35.7 Å². The number of aromatic nitrogens is 4. The average Bonchev–Trinajstić information content (AvgIpc) is 3.07. The number of benzene rings is 2. The summed E-state index contributed by atoms with van der Waals surface area (Å²) in [6.07, 6.45) is 5.57. The van der Waals surface area contributed by atoms with Gasteiger partial charge in [0.15, 0.2) is 0 Å². The maximum Gasteiger partial charge on any atom is 0.105 e. The highest BCUT2D eigenvalue weighted by Crippen LogP contribution is 2.26. The van der Waals surface area contributed by atoms with Crippen molar-refractivity contribution in [1.29, 1.82) is 0 Å². The van der Waals surface area contributed by atoms with E-state index in [1.165, 1.54) is 11.1 Å². The molecule has 0 bridgehead atoms. The second kappa shape index (κ2) is 7.93. The molecule has 4 rings (SSSR count). The summed E-state index contributed by atoms with van der Waals surface area (Å²) in [7, 11) is 0. The van der Waals surface area contributed by atoms with Crippen molar-refractivity contribution in [2.45, 2.75) is 13.5 Å². The van der Waals surface area contributed by atoms with Crippen molar-refractivity contribution in [2.24, 2.45) is 0 Å². The Hall–Kier alpha value is -2.98. The molecule has 0 fully saturated rings. The third-order valence-electron chi connectivity index (χ3n) is 4.26. The summed E-state index contributed by atoms with van der Waals surface area (Å²) < 4.78 is 2.06. The molecule has 0 aliphatic rings. The van der Waals surface area contributed by atoms with Gasteiger partial charge in [-0.3, -0.25) is 0 Å². The molecule has 4 nitrogen and oxygen atoms in total. The van der Waals surface area contributed by atoms with E-state index in [9.17, 15) is 0 Å². The second-order valence-corrected chi connectivity index (χ2v) is 5.98. The zero-order chi connectivity index (χ0) is 17.1. The summed E-state index contributed by atoms with van der Waals surface area (Å²) in [6.45, 7) is 2.66. The van der Waals surface area contributed by atoms with Crippen LogP contribution in [0.3, 0.4) is 0 Å². The minimum Gasteiger partial charge on any atom is -0.329 e. The van der Waals surface area contributed by atoms with E-state index in [4.69, 9.17) is 0 Å². The van der Waals surface area contributed by atoms with Crippen LogP contribution in [-0.4, -0.2) is 19.7 Å². The predicted octanol–water partition coefficient (Wildman–Crippen LogP) is 4.79. The minimum atomic E-state index is 0. The van der Waals surface area contributed by atoms with Gasteiger partial charge in [0.05, 0.1) is 18.4 Å². The van der Waals surface area contributed by atoms with E-state index in [1.807, 2.05) is 25.4 Å². The first-order valence-corrected chi connectivity index (χ1v) is 8.25. The Balaban J connectivity index is 0.00000196. The number of rotatable bonds is 4. The number of hydrogen-bond acceptors (Lipinski definition) is 3. The zero-order valence-corrected chi connectivity index (χ0v) is 15.2. The highest BCUT2D eigenvalue weighted by molar-refractivity contribution is 5.85. The molecule has 2 aromatic carbocycles. The third kappa shape index (κ3) is 3.81. The lowest BCUT2D eigenvalue weighted by atomic mass is 10.00. The zero-order valence-electron chi connectivity index (χ0n) is 14.4. The van der Waals surface area contributed by atoms with E-state index in [-0.39, 0.29) is 12.4 Å². The van der Waals surface area contributed by atoms with Gasteiger partial charge in [0, 0.05) is 18.0 Å². The summed E-state index contributed by atoms with van der Waals surface area (Å²) in [5, 5.41) is 8.45. The van der Waals surface area contributed by atoms with Crippen molar-refractivity contribution >= 4 is 12.4 Å². The maximum atomic E-state index is 4.26. The molecule has 0 aliphatic carbocycles. The minimum absolute atomic E-state index is 0. The fraction of sp³-hybridized carbons (Fsp3) is 0.0952. The predicted molar refractivity (Wildman–Crippen MR) is 106 cm³/mol. The molecule has 0 amide bonds. The fourth-order valence-corrected chi connectivity index (χ4v) is 2.90. The lowest BCUT2D eigenvalue weighted by molar-refractivity contribution is 0.727. The first-order valence-electron chi connectivity index (χ1n) is 8.25. The van der Waals surface area contributed by atoms with Gasteiger partial charge in [-0.2, -0.15) is 10.2 Å². The van der Waals surface area contributed by atoms with Gasteiger partial charge < -0.3 is 4.57 Å². The molecule has 0 aliphatic heterocycles. The van der Waals surface area contributed by atoms with E-state index in [0.717, 1.165) is 22.6 Å². The Bertz CT molecular complexity index is 996. The van der Waals surface area contributed by atoms with Crippen LogP contribution in [0.25, 0.3) is 22.3 Å². The van der Waals surface area contributed by atoms with Gasteiger partial charge >= 0.3 is 0 Å². The first-order chi connectivity index (χ1) is 12.3. The quantitative estimate of drug-likeness (QED) is 0.524. The number of aryl methyl sites for hydroxylation is 1. The van der Waals surface area contributed by atoms with Crippen LogP contribution in [0, 0.1) is 6.92 Å². The summed E-state index contributed by atoms with van der Waals surface area (Å²) in [5.41, 5.74) is 5.53. The van der Waals surface area contributed by atoms with Gasteiger partial charge in [0.25, 0.3) is 0 Å². The molecule has 0 spiro atoms. The normalized spacial score (nSPS) is 10.3. The molecule has 4 aromatic rings. The Kier molecular flexibility index (Phi) is 5.44. The molecule has 0 atom stereocenters. The van der Waals surface area contributed by atoms with Crippen molar-refractivity contribution in [3.63, 3.8) is 0 Å². The molecule has 2 heterocycles. The van der Waals surface area contributed by atoms with E-state index >= 15 is 0 Å². The molecule has 0 saturated carbocycles. The Morgan fingerprint density at radius 3 is 2.31 bits per heavy atom. The van der Waals surface area contributed by atoms with Crippen molar-refractivity contribution < 1.29 is 0 Å². The van der Waals surface area contributed by atoms with E-state index in [1.54, 1.807) is 6.20 Å². The highest BCUT2D eigenvalue weighted by Gasteiger charge is 2.06. The van der Waals surface area contributed by atoms with Crippen LogP contribution in [0.2, 0.25) is 0 Å². The van der Waals surface area contributed by atoms with Crippen molar-refractivity contribution in [1.82, 2.24) is 19.7 Å². The standard InChI is InChI=1S/C21H18N4.ClH/c1-16-22-10-11-25(16)15-21-13-20(14-23-24-21)19-9-5-8-18(12-19)17-6-3-2-4-7-17;/h2-14H,15H2,1H3;1H. The topological polar surface area (TPSA) is 43.6 Å². The molecule has 130 valence electrons. The number of nitrogens with zero attached hydrogens (tertiary/aromatic N) is 4. The van der Waals surface area contributed by atoms with Crippen LogP contribution in [0.5, 0.6) is 0 Å². The molecule has 0 saturated heterocycles. The van der Waals surface area contributed by atoms with Crippen LogP contribution >= 0.6 is 12.4 Å².